The molecule has 1 aliphatic rings. The Morgan fingerprint density at radius 1 is 1.42 bits per heavy atom. The van der Waals surface area contributed by atoms with Crippen molar-refractivity contribution in [2.75, 3.05) is 5.88 Å². The zero-order chi connectivity index (χ0) is 14.0. The SMILES string of the molecule is O=C(CCl)NCc1nc(C(F)(F)F)n2c1CCCC2. The summed E-state index contributed by atoms with van der Waals surface area (Å²) in [6.45, 7) is 0.303. The van der Waals surface area contributed by atoms with E-state index in [1.807, 2.05) is 0 Å². The molecule has 8 heteroatoms. The predicted octanol–water partition coefficient (Wildman–Crippen LogP) is 2.09. The Bertz CT molecular complexity index is 484. The lowest BCUT2D eigenvalue weighted by Crippen LogP contribution is -2.25. The number of halogens is 4. The van der Waals surface area contributed by atoms with Gasteiger partial charge in [-0.25, -0.2) is 4.98 Å². The van der Waals surface area contributed by atoms with E-state index < -0.39 is 17.9 Å². The van der Waals surface area contributed by atoms with Gasteiger partial charge in [0.05, 0.1) is 12.2 Å². The van der Waals surface area contributed by atoms with Crippen LogP contribution in [0, 0.1) is 0 Å². The number of aromatic nitrogens is 2. The topological polar surface area (TPSA) is 46.9 Å². The molecule has 1 aromatic rings. The van der Waals surface area contributed by atoms with Crippen molar-refractivity contribution in [2.24, 2.45) is 0 Å². The van der Waals surface area contributed by atoms with Gasteiger partial charge in [0.25, 0.3) is 0 Å². The van der Waals surface area contributed by atoms with Gasteiger partial charge in [-0.05, 0) is 19.3 Å². The molecular weight excluding hydrogens is 283 g/mol. The number of rotatable bonds is 3. The van der Waals surface area contributed by atoms with Crippen LogP contribution in [0.1, 0.15) is 30.1 Å². The number of hydrogen-bond donors (Lipinski definition) is 1. The summed E-state index contributed by atoms with van der Waals surface area (Å²) < 4.78 is 39.8. The van der Waals surface area contributed by atoms with E-state index in [-0.39, 0.29) is 18.1 Å². The Hall–Kier alpha value is -1.24. The Kier molecular flexibility index (Phi) is 4.03. The first kappa shape index (κ1) is 14.2. The van der Waals surface area contributed by atoms with Crippen LogP contribution in [-0.2, 0) is 30.5 Å². The summed E-state index contributed by atoms with van der Waals surface area (Å²) in [6, 6.07) is 0. The number of nitrogens with zero attached hydrogens (tertiary/aromatic N) is 2. The number of nitrogens with one attached hydrogen (secondary N) is 1. The Morgan fingerprint density at radius 3 is 2.79 bits per heavy atom. The van der Waals surface area contributed by atoms with Gasteiger partial charge in [0.1, 0.15) is 5.88 Å². The smallest absolute Gasteiger partial charge is 0.349 e. The zero-order valence-electron chi connectivity index (χ0n) is 10.1. The first-order valence-electron chi connectivity index (χ1n) is 5.91. The summed E-state index contributed by atoms with van der Waals surface area (Å²) in [4.78, 5) is 14.7. The quantitative estimate of drug-likeness (QED) is 0.868. The van der Waals surface area contributed by atoms with Crippen molar-refractivity contribution in [3.05, 3.63) is 17.2 Å². The number of fused-ring (bicyclic) bond motifs is 1. The second kappa shape index (κ2) is 5.40. The molecule has 0 saturated heterocycles. The monoisotopic (exact) mass is 295 g/mol. The summed E-state index contributed by atoms with van der Waals surface area (Å²) in [5.41, 5.74) is 0.846. The van der Waals surface area contributed by atoms with Gasteiger partial charge in [0, 0.05) is 12.2 Å². The minimum absolute atomic E-state index is 0.0169. The van der Waals surface area contributed by atoms with Crippen molar-refractivity contribution in [1.82, 2.24) is 14.9 Å². The van der Waals surface area contributed by atoms with Gasteiger partial charge in [0.15, 0.2) is 0 Å². The standard InChI is InChI=1S/C11H13ClF3N3O/c12-5-9(19)16-6-7-8-3-1-2-4-18(8)10(17-7)11(13,14)15/h1-6H2,(H,16,19). The maximum atomic E-state index is 12.9. The molecule has 1 aromatic heterocycles. The van der Waals surface area contributed by atoms with Gasteiger partial charge >= 0.3 is 6.18 Å². The van der Waals surface area contributed by atoms with Crippen LogP contribution in [0.15, 0.2) is 0 Å². The van der Waals surface area contributed by atoms with Crippen LogP contribution < -0.4 is 5.32 Å². The van der Waals surface area contributed by atoms with Crippen LogP contribution >= 0.6 is 11.6 Å². The van der Waals surface area contributed by atoms with E-state index in [0.717, 1.165) is 6.42 Å². The maximum Gasteiger partial charge on any atom is 0.449 e. The average Bonchev–Trinajstić information content (AvgIpc) is 2.75. The lowest BCUT2D eigenvalue weighted by molar-refractivity contribution is -0.147. The number of carbonyl (C=O) groups excluding carboxylic acids is 1. The molecule has 2 rings (SSSR count). The highest BCUT2D eigenvalue weighted by atomic mass is 35.5. The molecule has 0 spiro atoms. The summed E-state index contributed by atoms with van der Waals surface area (Å²) in [6.07, 6.45) is -2.38. The first-order chi connectivity index (χ1) is 8.93. The molecule has 1 aliphatic heterocycles. The van der Waals surface area contributed by atoms with Crippen molar-refractivity contribution in [2.45, 2.75) is 38.5 Å². The minimum Gasteiger partial charge on any atom is -0.349 e. The van der Waals surface area contributed by atoms with Crippen molar-refractivity contribution >= 4 is 17.5 Å². The molecule has 0 unspecified atom stereocenters. The number of alkyl halides is 4. The van der Waals surface area contributed by atoms with E-state index in [1.165, 1.54) is 4.57 Å². The summed E-state index contributed by atoms with van der Waals surface area (Å²) in [5.74, 6) is -1.52. The molecule has 1 N–H and O–H groups in total. The second-order valence-corrected chi connectivity index (χ2v) is 4.61. The fourth-order valence-electron chi connectivity index (χ4n) is 2.21. The van der Waals surface area contributed by atoms with Crippen molar-refractivity contribution in [1.29, 1.82) is 0 Å². The number of imidazole rings is 1. The highest BCUT2D eigenvalue weighted by Crippen LogP contribution is 2.32. The van der Waals surface area contributed by atoms with Gasteiger partial charge < -0.3 is 9.88 Å². The summed E-state index contributed by atoms with van der Waals surface area (Å²) in [5, 5.41) is 2.45. The molecule has 1 amide bonds. The molecule has 0 atom stereocenters. The minimum atomic E-state index is -4.47. The molecule has 0 bridgehead atoms. The lowest BCUT2D eigenvalue weighted by Gasteiger charge is -2.18. The molecule has 0 aromatic carbocycles. The maximum absolute atomic E-state index is 12.9. The van der Waals surface area contributed by atoms with Crippen molar-refractivity contribution in [3.8, 4) is 0 Å². The zero-order valence-corrected chi connectivity index (χ0v) is 10.8. The van der Waals surface area contributed by atoms with Crippen LogP contribution in [0.2, 0.25) is 0 Å². The molecule has 0 radical (unpaired) electrons. The van der Waals surface area contributed by atoms with Crippen LogP contribution in [0.5, 0.6) is 0 Å². The highest BCUT2D eigenvalue weighted by molar-refractivity contribution is 6.27. The lowest BCUT2D eigenvalue weighted by atomic mass is 10.1. The molecule has 4 nitrogen and oxygen atoms in total. The fourth-order valence-corrected chi connectivity index (χ4v) is 2.30. The summed E-state index contributed by atoms with van der Waals surface area (Å²) >= 11 is 5.32. The Labute approximate surface area is 112 Å². The number of amides is 1. The number of carbonyl (C=O) groups is 1. The second-order valence-electron chi connectivity index (χ2n) is 4.35. The normalized spacial score (nSPS) is 15.2. The van der Waals surface area contributed by atoms with E-state index in [0.29, 0.717) is 25.1 Å². The van der Waals surface area contributed by atoms with E-state index >= 15 is 0 Å². The molecule has 0 aliphatic carbocycles. The average molecular weight is 296 g/mol. The molecule has 106 valence electrons. The van der Waals surface area contributed by atoms with Gasteiger partial charge in [-0.15, -0.1) is 11.6 Å². The van der Waals surface area contributed by atoms with Gasteiger partial charge in [-0.3, -0.25) is 4.79 Å². The van der Waals surface area contributed by atoms with Gasteiger partial charge in [0.2, 0.25) is 11.7 Å². The first-order valence-corrected chi connectivity index (χ1v) is 6.45. The van der Waals surface area contributed by atoms with E-state index in [9.17, 15) is 18.0 Å². The fraction of sp³-hybridized carbons (Fsp3) is 0.636. The van der Waals surface area contributed by atoms with E-state index in [1.54, 1.807) is 0 Å². The summed E-state index contributed by atoms with van der Waals surface area (Å²) in [7, 11) is 0. The Morgan fingerprint density at radius 2 is 2.16 bits per heavy atom. The molecule has 2 heterocycles. The van der Waals surface area contributed by atoms with Gasteiger partial charge in [-0.1, -0.05) is 0 Å². The van der Waals surface area contributed by atoms with Crippen LogP contribution in [-0.4, -0.2) is 21.3 Å². The molecular formula is C11H13ClF3N3O. The van der Waals surface area contributed by atoms with Crippen molar-refractivity contribution in [3.63, 3.8) is 0 Å². The van der Waals surface area contributed by atoms with E-state index in [4.69, 9.17) is 11.6 Å². The Balaban J connectivity index is 2.28. The third-order valence-corrected chi connectivity index (χ3v) is 3.27. The molecule has 0 fully saturated rings. The van der Waals surface area contributed by atoms with Crippen LogP contribution in [0.3, 0.4) is 0 Å². The molecule has 19 heavy (non-hydrogen) atoms. The predicted molar refractivity (Wildman–Crippen MR) is 62.7 cm³/mol. The van der Waals surface area contributed by atoms with Gasteiger partial charge in [-0.2, -0.15) is 13.2 Å². The number of hydrogen-bond acceptors (Lipinski definition) is 2. The largest absolute Gasteiger partial charge is 0.449 e. The molecule has 0 saturated carbocycles. The van der Waals surface area contributed by atoms with E-state index in [2.05, 4.69) is 10.3 Å². The third-order valence-electron chi connectivity index (χ3n) is 3.03. The third kappa shape index (κ3) is 3.02. The van der Waals surface area contributed by atoms with Crippen molar-refractivity contribution < 1.29 is 18.0 Å². The van der Waals surface area contributed by atoms with Crippen LogP contribution in [0.4, 0.5) is 13.2 Å². The highest BCUT2D eigenvalue weighted by Gasteiger charge is 2.39. The van der Waals surface area contributed by atoms with Crippen LogP contribution in [0.25, 0.3) is 0 Å².